The van der Waals surface area contributed by atoms with E-state index in [4.69, 9.17) is 0 Å². The van der Waals surface area contributed by atoms with Crippen molar-refractivity contribution in [2.24, 2.45) is 0 Å². The third-order valence-corrected chi connectivity index (χ3v) is 3.21. The van der Waals surface area contributed by atoms with E-state index in [2.05, 4.69) is 28.8 Å². The summed E-state index contributed by atoms with van der Waals surface area (Å²) in [6, 6.07) is 0. The van der Waals surface area contributed by atoms with Crippen molar-refractivity contribution >= 4 is 0 Å². The van der Waals surface area contributed by atoms with E-state index < -0.39 is 0 Å². The Morgan fingerprint density at radius 1 is 0.895 bits per heavy atom. The molecule has 0 saturated heterocycles. The summed E-state index contributed by atoms with van der Waals surface area (Å²) in [5, 5.41) is 8.19. The summed E-state index contributed by atoms with van der Waals surface area (Å²) in [5.74, 6) is 0. The first-order chi connectivity index (χ1) is 9.38. The fraction of sp³-hybridized carbons (Fsp3) is 0.875. The topological polar surface area (TPSA) is 30.7 Å². The second-order valence-corrected chi connectivity index (χ2v) is 4.82. The van der Waals surface area contributed by atoms with Gasteiger partial charge in [-0.15, -0.1) is 5.10 Å². The van der Waals surface area contributed by atoms with Gasteiger partial charge in [-0.3, -0.25) is 0 Å². The van der Waals surface area contributed by atoms with Crippen molar-refractivity contribution in [1.29, 1.82) is 0 Å². The Labute approximate surface area is 119 Å². The maximum atomic E-state index is 4.17. The van der Waals surface area contributed by atoms with E-state index in [1.165, 1.54) is 57.1 Å². The zero-order chi connectivity index (χ0) is 14.3. The van der Waals surface area contributed by atoms with Crippen molar-refractivity contribution < 1.29 is 0 Å². The molecule has 1 rings (SSSR count). The monoisotopic (exact) mass is 267 g/mol. The third kappa shape index (κ3) is 8.79. The molecule has 3 nitrogen and oxygen atoms in total. The van der Waals surface area contributed by atoms with Crippen molar-refractivity contribution in [2.45, 2.75) is 92.0 Å². The molecular weight excluding hydrogens is 234 g/mol. The molecule has 0 saturated carbocycles. The highest BCUT2D eigenvalue weighted by molar-refractivity contribution is 4.93. The molecule has 112 valence electrons. The first-order valence-electron chi connectivity index (χ1n) is 8.25. The van der Waals surface area contributed by atoms with Crippen LogP contribution in [0.15, 0.2) is 6.20 Å². The highest BCUT2D eigenvalue weighted by Crippen LogP contribution is 2.08. The van der Waals surface area contributed by atoms with Crippen LogP contribution < -0.4 is 0 Å². The van der Waals surface area contributed by atoms with Crippen molar-refractivity contribution in [3.05, 3.63) is 11.9 Å². The van der Waals surface area contributed by atoms with Gasteiger partial charge in [0.05, 0.1) is 11.9 Å². The molecule has 19 heavy (non-hydrogen) atoms. The van der Waals surface area contributed by atoms with Crippen LogP contribution in [0, 0.1) is 0 Å². The van der Waals surface area contributed by atoms with E-state index in [0.29, 0.717) is 0 Å². The minimum atomic E-state index is 1.05. The Hall–Kier alpha value is -0.860. The molecule has 1 aromatic heterocycles. The lowest BCUT2D eigenvalue weighted by Crippen LogP contribution is -2.05. The molecule has 0 spiro atoms. The van der Waals surface area contributed by atoms with Crippen molar-refractivity contribution in [2.75, 3.05) is 0 Å². The van der Waals surface area contributed by atoms with Crippen LogP contribution >= 0.6 is 0 Å². The molecule has 3 heteroatoms. The first kappa shape index (κ1) is 18.1. The highest BCUT2D eigenvalue weighted by Gasteiger charge is 2.02. The van der Waals surface area contributed by atoms with Crippen LogP contribution in [0.2, 0.25) is 0 Å². The van der Waals surface area contributed by atoms with Crippen LogP contribution in [0.4, 0.5) is 0 Å². The lowest BCUT2D eigenvalue weighted by molar-refractivity contribution is 0.500. The molecule has 0 aliphatic heterocycles. The minimum Gasteiger partial charge on any atom is -0.249 e. The smallest absolute Gasteiger partial charge is 0.0725 e. The van der Waals surface area contributed by atoms with Gasteiger partial charge in [0.15, 0.2) is 0 Å². The molecule has 0 N–H and O–H groups in total. The lowest BCUT2D eigenvalue weighted by Gasteiger charge is -2.05. The molecular formula is C16H33N3. The summed E-state index contributed by atoms with van der Waals surface area (Å²) in [5.41, 5.74) is 1.31. The van der Waals surface area contributed by atoms with Gasteiger partial charge < -0.3 is 0 Å². The predicted molar refractivity (Wildman–Crippen MR) is 83.4 cm³/mol. The van der Waals surface area contributed by atoms with E-state index in [9.17, 15) is 0 Å². The number of unbranched alkanes of at least 4 members (excludes halogenated alkanes) is 6. The van der Waals surface area contributed by atoms with Crippen LogP contribution in [0.25, 0.3) is 0 Å². The van der Waals surface area contributed by atoms with Gasteiger partial charge in [-0.2, -0.15) is 0 Å². The number of rotatable bonds is 10. The van der Waals surface area contributed by atoms with Gasteiger partial charge in [-0.05, 0) is 19.3 Å². The zero-order valence-corrected chi connectivity index (χ0v) is 13.5. The Balaban J connectivity index is 0.00000154. The molecule has 0 radical (unpaired) electrons. The first-order valence-corrected chi connectivity index (χ1v) is 8.25. The van der Waals surface area contributed by atoms with E-state index >= 15 is 0 Å². The van der Waals surface area contributed by atoms with Gasteiger partial charge in [0.1, 0.15) is 0 Å². The molecule has 0 aliphatic carbocycles. The molecule has 0 bridgehead atoms. The summed E-state index contributed by atoms with van der Waals surface area (Å²) in [6.07, 6.45) is 13.6. The average Bonchev–Trinajstić information content (AvgIpc) is 2.90. The molecule has 0 fully saturated rings. The standard InChI is InChI=1S/C14H27N3.C2H6/c1-3-5-7-8-9-10-12-17-14(11-6-4-2)13-15-16-17;1-2/h13H,3-12H2,1-2H3;1-2H3. The van der Waals surface area contributed by atoms with E-state index in [0.717, 1.165) is 13.0 Å². The molecule has 0 aromatic carbocycles. The summed E-state index contributed by atoms with van der Waals surface area (Å²) in [7, 11) is 0. The second kappa shape index (κ2) is 13.6. The number of hydrogen-bond donors (Lipinski definition) is 0. The average molecular weight is 267 g/mol. The summed E-state index contributed by atoms with van der Waals surface area (Å²) in [6.45, 7) is 9.53. The van der Waals surface area contributed by atoms with Gasteiger partial charge in [0.2, 0.25) is 0 Å². The van der Waals surface area contributed by atoms with Gasteiger partial charge in [-0.1, -0.05) is 71.4 Å². The number of hydrogen-bond acceptors (Lipinski definition) is 2. The quantitative estimate of drug-likeness (QED) is 0.558. The van der Waals surface area contributed by atoms with Gasteiger partial charge in [0, 0.05) is 6.54 Å². The predicted octanol–water partition coefficient (Wildman–Crippen LogP) is 5.01. The van der Waals surface area contributed by atoms with E-state index in [-0.39, 0.29) is 0 Å². The summed E-state index contributed by atoms with van der Waals surface area (Å²) < 4.78 is 2.09. The van der Waals surface area contributed by atoms with Crippen molar-refractivity contribution in [1.82, 2.24) is 15.0 Å². The second-order valence-electron chi connectivity index (χ2n) is 4.82. The third-order valence-electron chi connectivity index (χ3n) is 3.21. The summed E-state index contributed by atoms with van der Waals surface area (Å²) >= 11 is 0. The van der Waals surface area contributed by atoms with Crippen LogP contribution in [0.5, 0.6) is 0 Å². The van der Waals surface area contributed by atoms with Crippen LogP contribution in [-0.4, -0.2) is 15.0 Å². The minimum absolute atomic E-state index is 1.05. The fourth-order valence-electron chi connectivity index (χ4n) is 2.06. The Bertz CT molecular complexity index is 281. The molecule has 0 unspecified atom stereocenters. The van der Waals surface area contributed by atoms with E-state index in [1.807, 2.05) is 20.0 Å². The SMILES string of the molecule is CC.CCCCCCCCn1nncc1CCCC. The van der Waals surface area contributed by atoms with Crippen LogP contribution in [0.1, 0.15) is 84.8 Å². The summed E-state index contributed by atoms with van der Waals surface area (Å²) in [4.78, 5) is 0. The van der Waals surface area contributed by atoms with Gasteiger partial charge in [0.25, 0.3) is 0 Å². The zero-order valence-electron chi connectivity index (χ0n) is 13.5. The maximum absolute atomic E-state index is 4.17. The van der Waals surface area contributed by atoms with Crippen molar-refractivity contribution in [3.63, 3.8) is 0 Å². The molecule has 0 aliphatic rings. The van der Waals surface area contributed by atoms with Gasteiger partial charge >= 0.3 is 0 Å². The van der Waals surface area contributed by atoms with Crippen LogP contribution in [-0.2, 0) is 13.0 Å². The van der Waals surface area contributed by atoms with Crippen LogP contribution in [0.3, 0.4) is 0 Å². The highest BCUT2D eigenvalue weighted by atomic mass is 15.4. The number of aromatic nitrogens is 3. The normalized spacial score (nSPS) is 10.1. The molecule has 1 heterocycles. The van der Waals surface area contributed by atoms with Crippen molar-refractivity contribution in [3.8, 4) is 0 Å². The molecule has 1 aromatic rings. The molecule has 0 amide bonds. The molecule has 0 atom stereocenters. The van der Waals surface area contributed by atoms with Gasteiger partial charge in [-0.25, -0.2) is 4.68 Å². The lowest BCUT2D eigenvalue weighted by atomic mass is 10.1. The maximum Gasteiger partial charge on any atom is 0.0725 e. The largest absolute Gasteiger partial charge is 0.249 e. The Kier molecular flexibility index (Phi) is 13.0. The fourth-order valence-corrected chi connectivity index (χ4v) is 2.06. The Morgan fingerprint density at radius 2 is 1.53 bits per heavy atom. The number of aryl methyl sites for hydroxylation is 2. The number of nitrogens with zero attached hydrogens (tertiary/aromatic N) is 3. The Morgan fingerprint density at radius 3 is 2.21 bits per heavy atom. The van der Waals surface area contributed by atoms with E-state index in [1.54, 1.807) is 0 Å².